The molecule has 0 spiro atoms. The van der Waals surface area contributed by atoms with Crippen LogP contribution in [-0.2, 0) is 0 Å². The Bertz CT molecular complexity index is 2450. The first-order valence-corrected chi connectivity index (χ1v) is 20.0. The normalized spacial score (nSPS) is 12.3. The fraction of sp³-hybridized carbons (Fsp3) is 0. The summed E-state index contributed by atoms with van der Waals surface area (Å²) in [5.74, 6) is 5.87. The summed E-state index contributed by atoms with van der Waals surface area (Å²) in [5.41, 5.74) is 2.82. The molecule has 0 N–H and O–H groups in total. The highest BCUT2D eigenvalue weighted by Crippen LogP contribution is 2.59. The van der Waals surface area contributed by atoms with Gasteiger partial charge in [-0.05, 0) is 93.5 Å². The maximum absolute atomic E-state index is 6.84. The highest BCUT2D eigenvalue weighted by Gasteiger charge is 2.45. The number of nitrogens with zero attached hydrogens (tertiary/aromatic N) is 1. The van der Waals surface area contributed by atoms with Gasteiger partial charge >= 0.3 is 0 Å². The van der Waals surface area contributed by atoms with Gasteiger partial charge in [0.25, 0.3) is 0 Å². The molecule has 0 fully saturated rings. The molecule has 2 heterocycles. The molecule has 0 unspecified atom stereocenters. The monoisotopic (exact) mass is 715 g/mol. The molecule has 0 radical (unpaired) electrons. The quantitative estimate of drug-likeness (QED) is 0.116. The Balaban J connectivity index is 1.27. The average molecular weight is 716 g/mol. The lowest BCUT2D eigenvalue weighted by Gasteiger charge is -2.40. The summed E-state index contributed by atoms with van der Waals surface area (Å²) >= 11 is 0. The van der Waals surface area contributed by atoms with E-state index < -0.39 is 8.07 Å². The van der Waals surface area contributed by atoms with Crippen LogP contribution in [0.1, 0.15) is 0 Å². The molecule has 0 aliphatic carbocycles. The number of para-hydroxylation sites is 6. The molecule has 5 nitrogen and oxygen atoms in total. The first-order chi connectivity index (χ1) is 26.7. The fourth-order valence-corrected chi connectivity index (χ4v) is 12.6. The van der Waals surface area contributed by atoms with Crippen molar-refractivity contribution >= 4 is 45.9 Å². The lowest BCUT2D eigenvalue weighted by atomic mass is 10.1. The Hall–Kier alpha value is -7.02. The third-order valence-corrected chi connectivity index (χ3v) is 14.7. The van der Waals surface area contributed by atoms with Gasteiger partial charge in [-0.3, -0.25) is 4.90 Å². The van der Waals surface area contributed by atoms with Crippen molar-refractivity contribution in [3.8, 4) is 46.0 Å². The van der Waals surface area contributed by atoms with Gasteiger partial charge in [0.1, 0.15) is 28.7 Å². The molecular formula is C48H33NO4Si. The van der Waals surface area contributed by atoms with Gasteiger partial charge in [-0.1, -0.05) is 121 Å². The minimum atomic E-state index is -3.22. The maximum atomic E-state index is 6.84. The molecule has 0 bridgehead atoms. The van der Waals surface area contributed by atoms with Crippen LogP contribution in [0.5, 0.6) is 46.0 Å². The molecule has 0 saturated heterocycles. The number of fused-ring (bicyclic) bond motifs is 4. The molecule has 0 atom stereocenters. The lowest BCUT2D eigenvalue weighted by molar-refractivity contribution is 0.446. The van der Waals surface area contributed by atoms with E-state index in [0.29, 0.717) is 11.5 Å². The van der Waals surface area contributed by atoms with Gasteiger partial charge in [-0.2, -0.15) is 0 Å². The largest absolute Gasteiger partial charge is 0.457 e. The smallest absolute Gasteiger partial charge is 0.180 e. The molecule has 0 aromatic heterocycles. The van der Waals surface area contributed by atoms with Crippen molar-refractivity contribution in [2.45, 2.75) is 0 Å². The number of rotatable bonds is 8. The lowest BCUT2D eigenvalue weighted by Crippen LogP contribution is -2.74. The van der Waals surface area contributed by atoms with Crippen molar-refractivity contribution in [3.63, 3.8) is 0 Å². The predicted molar refractivity (Wildman–Crippen MR) is 218 cm³/mol. The van der Waals surface area contributed by atoms with Crippen LogP contribution in [0.2, 0.25) is 0 Å². The number of hydrogen-bond acceptors (Lipinski definition) is 5. The summed E-state index contributed by atoms with van der Waals surface area (Å²) in [5, 5.41) is 4.55. The van der Waals surface area contributed by atoms with Crippen LogP contribution in [0, 0.1) is 0 Å². The van der Waals surface area contributed by atoms with E-state index in [2.05, 4.69) is 102 Å². The molecule has 6 heteroatoms. The van der Waals surface area contributed by atoms with Crippen molar-refractivity contribution < 1.29 is 18.9 Å². The van der Waals surface area contributed by atoms with Gasteiger partial charge in [0.05, 0.1) is 11.4 Å². The molecule has 258 valence electrons. The average Bonchev–Trinajstić information content (AvgIpc) is 3.22. The van der Waals surface area contributed by atoms with Crippen molar-refractivity contribution in [1.29, 1.82) is 0 Å². The number of hydrogen-bond donors (Lipinski definition) is 0. The van der Waals surface area contributed by atoms with E-state index in [4.69, 9.17) is 18.9 Å². The zero-order chi connectivity index (χ0) is 35.9. The standard InChI is InChI=1S/C48H33NO4Si/c1-5-17-34(18-6-1)50-36-29-37(51-35-19-7-2-8-20-35)31-40(30-36)54(38-21-9-3-10-22-38,39-23-11-4-12-24-39)41-32-46-48-47(33-41)53-45-28-16-14-26-43(45)49(48)42-25-13-15-27-44(42)52-46/h1-33H. The van der Waals surface area contributed by atoms with Gasteiger partial charge in [0, 0.05) is 6.07 Å². The van der Waals surface area contributed by atoms with Gasteiger partial charge in [-0.25, -0.2) is 0 Å². The van der Waals surface area contributed by atoms with E-state index in [-0.39, 0.29) is 0 Å². The first kappa shape index (κ1) is 31.7. The van der Waals surface area contributed by atoms with Gasteiger partial charge in [0.15, 0.2) is 31.1 Å². The first-order valence-electron chi connectivity index (χ1n) is 18.0. The van der Waals surface area contributed by atoms with Crippen molar-refractivity contribution in [2.75, 3.05) is 4.90 Å². The van der Waals surface area contributed by atoms with Crippen LogP contribution >= 0.6 is 0 Å². The van der Waals surface area contributed by atoms with Crippen molar-refractivity contribution in [3.05, 3.63) is 200 Å². The van der Waals surface area contributed by atoms with Crippen LogP contribution in [0.15, 0.2) is 200 Å². The number of benzene rings is 8. The van der Waals surface area contributed by atoms with E-state index in [9.17, 15) is 0 Å². The van der Waals surface area contributed by atoms with E-state index in [1.54, 1.807) is 0 Å². The Morgan fingerprint density at radius 1 is 0.333 bits per heavy atom. The highest BCUT2D eigenvalue weighted by molar-refractivity contribution is 7.20. The summed E-state index contributed by atoms with van der Waals surface area (Å²) in [7, 11) is -3.22. The molecule has 54 heavy (non-hydrogen) atoms. The van der Waals surface area contributed by atoms with Gasteiger partial charge in [-0.15, -0.1) is 0 Å². The van der Waals surface area contributed by atoms with Crippen LogP contribution < -0.4 is 44.6 Å². The number of ether oxygens (including phenoxy) is 4. The minimum absolute atomic E-state index is 0.675. The molecule has 8 aromatic carbocycles. The minimum Gasteiger partial charge on any atom is -0.457 e. The van der Waals surface area contributed by atoms with E-state index in [0.717, 1.165) is 61.9 Å². The van der Waals surface area contributed by atoms with Crippen LogP contribution in [-0.4, -0.2) is 8.07 Å². The second-order valence-electron chi connectivity index (χ2n) is 13.3. The molecule has 0 saturated carbocycles. The Kier molecular flexibility index (Phi) is 7.74. The van der Waals surface area contributed by atoms with Crippen molar-refractivity contribution in [2.24, 2.45) is 0 Å². The summed E-state index contributed by atoms with van der Waals surface area (Å²) in [4.78, 5) is 2.26. The molecule has 10 rings (SSSR count). The molecule has 0 amide bonds. The number of anilines is 3. The maximum Gasteiger partial charge on any atom is 0.180 e. The topological polar surface area (TPSA) is 40.2 Å². The summed E-state index contributed by atoms with van der Waals surface area (Å²) in [6.45, 7) is 0. The summed E-state index contributed by atoms with van der Waals surface area (Å²) in [6.07, 6.45) is 0. The van der Waals surface area contributed by atoms with Gasteiger partial charge in [0.2, 0.25) is 0 Å². The Morgan fingerprint density at radius 2 is 0.722 bits per heavy atom. The van der Waals surface area contributed by atoms with Crippen LogP contribution in [0.3, 0.4) is 0 Å². The summed E-state index contributed by atoms with van der Waals surface area (Å²) in [6, 6.07) is 68.5. The molecule has 2 aliphatic rings. The molecular weight excluding hydrogens is 683 g/mol. The van der Waals surface area contributed by atoms with Gasteiger partial charge < -0.3 is 18.9 Å². The second-order valence-corrected chi connectivity index (χ2v) is 17.1. The molecule has 2 aliphatic heterocycles. The van der Waals surface area contributed by atoms with Crippen LogP contribution in [0.4, 0.5) is 17.1 Å². The highest BCUT2D eigenvalue weighted by atomic mass is 28.3. The SMILES string of the molecule is c1ccc(Oc2cc(Oc3ccccc3)cc([Si](c3ccccc3)(c3ccccc3)c3cc4c5c(c3)Oc3ccccc3N5c3ccccc3O4)c2)cc1. The van der Waals surface area contributed by atoms with E-state index >= 15 is 0 Å². The van der Waals surface area contributed by atoms with E-state index in [1.165, 1.54) is 10.4 Å². The van der Waals surface area contributed by atoms with E-state index in [1.807, 2.05) is 103 Å². The predicted octanol–water partition coefficient (Wildman–Crippen LogP) is 10.3. The third kappa shape index (κ3) is 5.39. The van der Waals surface area contributed by atoms with Crippen molar-refractivity contribution in [1.82, 2.24) is 0 Å². The third-order valence-electron chi connectivity index (χ3n) is 10.0. The Labute approximate surface area is 314 Å². The zero-order valence-corrected chi connectivity index (χ0v) is 30.1. The summed E-state index contributed by atoms with van der Waals surface area (Å²) < 4.78 is 26.9. The Morgan fingerprint density at radius 3 is 1.19 bits per heavy atom. The zero-order valence-electron chi connectivity index (χ0n) is 29.1. The molecule has 8 aromatic rings. The second kappa shape index (κ2) is 13.2. The van der Waals surface area contributed by atoms with Crippen LogP contribution in [0.25, 0.3) is 0 Å². The fourth-order valence-electron chi connectivity index (χ4n) is 7.77.